The van der Waals surface area contributed by atoms with Gasteiger partial charge in [-0.15, -0.1) is 0 Å². The molecule has 2 aliphatic rings. The van der Waals surface area contributed by atoms with Crippen LogP contribution in [0.3, 0.4) is 0 Å². The molecule has 1 N–H and O–H groups in total. The minimum absolute atomic E-state index is 0.0388. The van der Waals surface area contributed by atoms with E-state index in [1.54, 1.807) is 31.1 Å². The number of aromatic hydroxyl groups is 1. The second-order valence-corrected chi connectivity index (χ2v) is 11.1. The predicted molar refractivity (Wildman–Crippen MR) is 155 cm³/mol. The van der Waals surface area contributed by atoms with Crippen LogP contribution in [0.1, 0.15) is 60.3 Å². The van der Waals surface area contributed by atoms with Gasteiger partial charge in [0.2, 0.25) is 0 Å². The average Bonchev–Trinajstić information content (AvgIpc) is 3.38. The largest absolute Gasteiger partial charge is 0.508 e. The maximum Gasteiger partial charge on any atom is 0.253 e. The molecule has 1 unspecified atom stereocenters. The monoisotopic (exact) mass is 526 g/mol. The van der Waals surface area contributed by atoms with Crippen molar-refractivity contribution in [3.63, 3.8) is 0 Å². The number of carbonyl (C=O) groups excluding carboxylic acids is 1. The number of allylic oxidation sites excluding steroid dienone is 1. The van der Waals surface area contributed by atoms with Gasteiger partial charge < -0.3 is 19.5 Å². The molecule has 204 valence electrons. The fourth-order valence-corrected chi connectivity index (χ4v) is 5.53. The zero-order chi connectivity index (χ0) is 27.7. The molecule has 0 bridgehead atoms. The molecule has 0 radical (unpaired) electrons. The van der Waals surface area contributed by atoms with E-state index in [0.29, 0.717) is 18.2 Å². The van der Waals surface area contributed by atoms with Crippen LogP contribution in [0.2, 0.25) is 0 Å². The van der Waals surface area contributed by atoms with Crippen molar-refractivity contribution in [1.29, 1.82) is 0 Å². The van der Waals surface area contributed by atoms with Crippen molar-refractivity contribution < 1.29 is 19.4 Å². The van der Waals surface area contributed by atoms with Gasteiger partial charge in [-0.1, -0.05) is 31.2 Å². The first-order valence-electron chi connectivity index (χ1n) is 13.7. The molecule has 6 nitrogen and oxygen atoms in total. The summed E-state index contributed by atoms with van der Waals surface area (Å²) < 4.78 is 12.7. The molecule has 1 fully saturated rings. The summed E-state index contributed by atoms with van der Waals surface area (Å²) in [7, 11) is 3.50. The molecule has 5 rings (SSSR count). The molecule has 0 spiro atoms. The Hall–Kier alpha value is -3.77. The van der Waals surface area contributed by atoms with E-state index in [1.807, 2.05) is 42.5 Å². The highest BCUT2D eigenvalue weighted by Crippen LogP contribution is 2.47. The number of phenols is 1. The summed E-state index contributed by atoms with van der Waals surface area (Å²) in [6.07, 6.45) is 0.907. The summed E-state index contributed by atoms with van der Waals surface area (Å²) in [5.41, 5.74) is 5.49. The Bertz CT molecular complexity index is 1360. The molecule has 0 saturated carbocycles. The van der Waals surface area contributed by atoms with E-state index < -0.39 is 0 Å². The first-order valence-corrected chi connectivity index (χ1v) is 13.7. The SMILES string of the molecule is CC1=C(c2ccc(C(=O)N(C)C)cc2)C(c2ccc(OC[C@H](C)N3CC[C@@H](C)C3)cc2)Oc2ccc(O)cc21. The highest BCUT2D eigenvalue weighted by molar-refractivity contribution is 5.97. The Morgan fingerprint density at radius 3 is 2.46 bits per heavy atom. The van der Waals surface area contributed by atoms with Crippen molar-refractivity contribution in [2.75, 3.05) is 33.8 Å². The van der Waals surface area contributed by atoms with Crippen LogP contribution in [-0.2, 0) is 0 Å². The van der Waals surface area contributed by atoms with Gasteiger partial charge in [0.15, 0.2) is 0 Å². The van der Waals surface area contributed by atoms with Crippen molar-refractivity contribution in [3.8, 4) is 17.2 Å². The third kappa shape index (κ3) is 5.66. The summed E-state index contributed by atoms with van der Waals surface area (Å²) in [6, 6.07) is 21.4. The molecule has 2 aliphatic heterocycles. The highest BCUT2D eigenvalue weighted by Gasteiger charge is 2.30. The fourth-order valence-electron chi connectivity index (χ4n) is 5.53. The van der Waals surface area contributed by atoms with Crippen LogP contribution in [0.4, 0.5) is 0 Å². The van der Waals surface area contributed by atoms with Crippen molar-refractivity contribution in [2.24, 2.45) is 5.92 Å². The van der Waals surface area contributed by atoms with Crippen LogP contribution in [0.25, 0.3) is 11.1 Å². The fraction of sp³-hybridized carbons (Fsp3) is 0.364. The Kier molecular flexibility index (Phi) is 7.67. The van der Waals surface area contributed by atoms with Crippen molar-refractivity contribution >= 4 is 17.1 Å². The summed E-state index contributed by atoms with van der Waals surface area (Å²) >= 11 is 0. The van der Waals surface area contributed by atoms with Gasteiger partial charge in [-0.2, -0.15) is 0 Å². The predicted octanol–water partition coefficient (Wildman–Crippen LogP) is 6.27. The minimum Gasteiger partial charge on any atom is -0.508 e. The average molecular weight is 527 g/mol. The van der Waals surface area contributed by atoms with E-state index in [0.717, 1.165) is 58.3 Å². The van der Waals surface area contributed by atoms with Crippen LogP contribution in [0, 0.1) is 5.92 Å². The van der Waals surface area contributed by atoms with Crippen LogP contribution < -0.4 is 9.47 Å². The van der Waals surface area contributed by atoms with E-state index in [2.05, 4.69) is 37.8 Å². The Morgan fingerprint density at radius 2 is 1.82 bits per heavy atom. The van der Waals surface area contributed by atoms with Gasteiger partial charge in [-0.25, -0.2) is 0 Å². The van der Waals surface area contributed by atoms with Crippen molar-refractivity contribution in [3.05, 3.63) is 89.0 Å². The molecule has 39 heavy (non-hydrogen) atoms. The number of fused-ring (bicyclic) bond motifs is 1. The third-order valence-corrected chi connectivity index (χ3v) is 7.88. The quantitative estimate of drug-likeness (QED) is 0.393. The lowest BCUT2D eigenvalue weighted by Gasteiger charge is -2.31. The first-order chi connectivity index (χ1) is 18.7. The van der Waals surface area contributed by atoms with Gasteiger partial charge in [0.1, 0.15) is 30.0 Å². The van der Waals surface area contributed by atoms with Gasteiger partial charge in [-0.05, 0) is 91.9 Å². The molecule has 1 saturated heterocycles. The number of rotatable bonds is 7. The minimum atomic E-state index is -0.350. The Balaban J connectivity index is 1.42. The molecular weight excluding hydrogens is 488 g/mol. The summed E-state index contributed by atoms with van der Waals surface area (Å²) in [6.45, 7) is 9.53. The smallest absolute Gasteiger partial charge is 0.253 e. The number of phenolic OH excluding ortho intramolecular Hbond substituents is 1. The lowest BCUT2D eigenvalue weighted by atomic mass is 9.86. The van der Waals surface area contributed by atoms with Crippen LogP contribution in [-0.4, -0.2) is 60.6 Å². The molecule has 0 aromatic heterocycles. The Labute approximate surface area is 231 Å². The highest BCUT2D eigenvalue weighted by atomic mass is 16.5. The summed E-state index contributed by atoms with van der Waals surface area (Å²) in [4.78, 5) is 16.5. The lowest BCUT2D eigenvalue weighted by molar-refractivity contribution is 0.0827. The maximum absolute atomic E-state index is 12.4. The molecule has 0 aliphatic carbocycles. The van der Waals surface area contributed by atoms with E-state index in [-0.39, 0.29) is 17.8 Å². The van der Waals surface area contributed by atoms with Gasteiger partial charge in [0.05, 0.1) is 0 Å². The van der Waals surface area contributed by atoms with E-state index >= 15 is 0 Å². The normalized spacial score (nSPS) is 19.8. The number of hydrogen-bond acceptors (Lipinski definition) is 5. The number of ether oxygens (including phenoxy) is 2. The van der Waals surface area contributed by atoms with Crippen LogP contribution >= 0.6 is 0 Å². The number of hydrogen-bond donors (Lipinski definition) is 1. The second kappa shape index (κ2) is 11.1. The second-order valence-electron chi connectivity index (χ2n) is 11.1. The number of likely N-dealkylation sites (tertiary alicyclic amines) is 1. The number of carbonyl (C=O) groups is 1. The van der Waals surface area contributed by atoms with Crippen LogP contribution in [0.5, 0.6) is 17.2 Å². The van der Waals surface area contributed by atoms with Crippen molar-refractivity contribution in [1.82, 2.24) is 9.80 Å². The van der Waals surface area contributed by atoms with Gasteiger partial charge >= 0.3 is 0 Å². The number of amides is 1. The maximum atomic E-state index is 12.4. The summed E-state index contributed by atoms with van der Waals surface area (Å²) in [5, 5.41) is 10.2. The molecule has 2 heterocycles. The molecule has 1 amide bonds. The van der Waals surface area contributed by atoms with E-state index in [1.165, 1.54) is 6.42 Å². The summed E-state index contributed by atoms with van der Waals surface area (Å²) in [5.74, 6) is 2.48. The van der Waals surface area contributed by atoms with Gasteiger partial charge in [0, 0.05) is 43.4 Å². The number of benzene rings is 3. The van der Waals surface area contributed by atoms with Gasteiger partial charge in [-0.3, -0.25) is 9.69 Å². The van der Waals surface area contributed by atoms with Gasteiger partial charge in [0.25, 0.3) is 5.91 Å². The molecule has 3 atom stereocenters. The lowest BCUT2D eigenvalue weighted by Crippen LogP contribution is -2.35. The topological polar surface area (TPSA) is 62.2 Å². The number of nitrogens with zero attached hydrogens (tertiary/aromatic N) is 2. The standard InChI is InChI=1S/C33H38N2O4/c1-21-16-17-35(19-21)22(2)20-38-28-13-10-25(11-14-28)32-31(23(3)29-18-27(36)12-15-30(29)39-32)24-6-8-26(9-7-24)33(37)34(4)5/h6-15,18,21-22,32,36H,16-17,19-20H2,1-5H3/t21-,22+,32?/m1/s1. The Morgan fingerprint density at radius 1 is 1.10 bits per heavy atom. The third-order valence-electron chi connectivity index (χ3n) is 7.88. The molecular formula is C33H38N2O4. The zero-order valence-corrected chi connectivity index (χ0v) is 23.5. The zero-order valence-electron chi connectivity index (χ0n) is 23.5. The van der Waals surface area contributed by atoms with Crippen LogP contribution in [0.15, 0.2) is 66.7 Å². The molecule has 3 aromatic carbocycles. The molecule has 6 heteroatoms. The van der Waals surface area contributed by atoms with Crippen molar-refractivity contribution in [2.45, 2.75) is 39.3 Å². The van der Waals surface area contributed by atoms with E-state index in [4.69, 9.17) is 9.47 Å². The first kappa shape index (κ1) is 26.8. The van der Waals surface area contributed by atoms with E-state index in [9.17, 15) is 9.90 Å². The molecule has 3 aromatic rings.